The van der Waals surface area contributed by atoms with Crippen molar-refractivity contribution in [1.29, 1.82) is 0 Å². The van der Waals surface area contributed by atoms with Crippen molar-refractivity contribution in [2.24, 2.45) is 0 Å². The van der Waals surface area contributed by atoms with Crippen LogP contribution in [0.3, 0.4) is 0 Å². The van der Waals surface area contributed by atoms with E-state index >= 15 is 0 Å². The standard InChI is InChI=1S/C18H17N3O2S2/c1-12-20-21-18(25-12)24-11-13-3-5-14(6-4-13)17(22)19-15-7-9-16(23-2)10-8-15/h3-10H,11H2,1-2H3,(H,19,22). The van der Waals surface area contributed by atoms with Crippen molar-refractivity contribution in [1.82, 2.24) is 10.2 Å². The number of benzene rings is 2. The first-order valence-electron chi connectivity index (χ1n) is 7.61. The van der Waals surface area contributed by atoms with Gasteiger partial charge in [-0.2, -0.15) is 0 Å². The molecule has 1 aromatic heterocycles. The number of methoxy groups -OCH3 is 1. The molecule has 3 aromatic rings. The summed E-state index contributed by atoms with van der Waals surface area (Å²) in [6.07, 6.45) is 0. The molecular weight excluding hydrogens is 354 g/mol. The van der Waals surface area contributed by atoms with Crippen LogP contribution >= 0.6 is 23.1 Å². The lowest BCUT2D eigenvalue weighted by molar-refractivity contribution is 0.102. The average Bonchev–Trinajstić information content (AvgIpc) is 3.06. The molecule has 3 rings (SSSR count). The maximum Gasteiger partial charge on any atom is 0.255 e. The zero-order valence-electron chi connectivity index (χ0n) is 13.9. The van der Waals surface area contributed by atoms with Crippen LogP contribution in [0.2, 0.25) is 0 Å². The van der Waals surface area contributed by atoms with Crippen LogP contribution in [-0.2, 0) is 5.75 Å². The van der Waals surface area contributed by atoms with Gasteiger partial charge in [-0.1, -0.05) is 35.2 Å². The van der Waals surface area contributed by atoms with E-state index < -0.39 is 0 Å². The van der Waals surface area contributed by atoms with Gasteiger partial charge in [0.05, 0.1) is 7.11 Å². The number of ether oxygens (including phenoxy) is 1. The number of anilines is 1. The first-order chi connectivity index (χ1) is 12.1. The molecule has 128 valence electrons. The SMILES string of the molecule is COc1ccc(NC(=O)c2ccc(CSc3nnc(C)s3)cc2)cc1. The summed E-state index contributed by atoms with van der Waals surface area (Å²) >= 11 is 3.23. The number of carbonyl (C=O) groups excluding carboxylic acids is 1. The number of nitrogens with one attached hydrogen (secondary N) is 1. The highest BCUT2D eigenvalue weighted by molar-refractivity contribution is 8.00. The van der Waals surface area contributed by atoms with Crippen LogP contribution in [0.1, 0.15) is 20.9 Å². The predicted octanol–water partition coefficient (Wildman–Crippen LogP) is 4.40. The maximum absolute atomic E-state index is 12.3. The molecule has 0 aliphatic carbocycles. The molecule has 1 N–H and O–H groups in total. The van der Waals surface area contributed by atoms with E-state index in [2.05, 4.69) is 15.5 Å². The van der Waals surface area contributed by atoms with Gasteiger partial charge < -0.3 is 10.1 Å². The third-order valence-electron chi connectivity index (χ3n) is 3.43. The molecule has 0 radical (unpaired) electrons. The van der Waals surface area contributed by atoms with Gasteiger partial charge >= 0.3 is 0 Å². The third kappa shape index (κ3) is 4.80. The number of hydrogen-bond donors (Lipinski definition) is 1. The lowest BCUT2D eigenvalue weighted by atomic mass is 10.1. The Hall–Kier alpha value is -2.38. The summed E-state index contributed by atoms with van der Waals surface area (Å²) in [5, 5.41) is 11.9. The molecule has 1 amide bonds. The quantitative estimate of drug-likeness (QED) is 0.651. The second-order valence-electron chi connectivity index (χ2n) is 5.26. The number of aromatic nitrogens is 2. The van der Waals surface area contributed by atoms with Crippen molar-refractivity contribution in [3.05, 3.63) is 64.7 Å². The first kappa shape index (κ1) is 17.4. The number of aryl methyl sites for hydroxylation is 1. The minimum absolute atomic E-state index is 0.135. The highest BCUT2D eigenvalue weighted by atomic mass is 32.2. The van der Waals surface area contributed by atoms with Crippen LogP contribution in [0, 0.1) is 6.92 Å². The first-order valence-corrected chi connectivity index (χ1v) is 9.41. The molecule has 25 heavy (non-hydrogen) atoms. The predicted molar refractivity (Wildman–Crippen MR) is 102 cm³/mol. The Morgan fingerprint density at radius 1 is 1.12 bits per heavy atom. The van der Waals surface area contributed by atoms with Crippen molar-refractivity contribution >= 4 is 34.7 Å². The Balaban J connectivity index is 1.57. The van der Waals surface area contributed by atoms with Crippen molar-refractivity contribution in [3.63, 3.8) is 0 Å². The number of rotatable bonds is 6. The molecule has 0 bridgehead atoms. The highest BCUT2D eigenvalue weighted by Crippen LogP contribution is 2.25. The van der Waals surface area contributed by atoms with E-state index in [1.54, 1.807) is 30.2 Å². The molecule has 7 heteroatoms. The number of thioether (sulfide) groups is 1. The van der Waals surface area contributed by atoms with Crippen molar-refractivity contribution in [3.8, 4) is 5.75 Å². The minimum Gasteiger partial charge on any atom is -0.497 e. The molecule has 1 heterocycles. The summed E-state index contributed by atoms with van der Waals surface area (Å²) < 4.78 is 6.06. The molecule has 0 saturated heterocycles. The smallest absolute Gasteiger partial charge is 0.255 e. The van der Waals surface area contributed by atoms with E-state index in [1.165, 1.54) is 0 Å². The van der Waals surface area contributed by atoms with E-state index in [-0.39, 0.29) is 5.91 Å². The summed E-state index contributed by atoms with van der Waals surface area (Å²) in [6, 6.07) is 14.8. The fourth-order valence-electron chi connectivity index (χ4n) is 2.11. The lowest BCUT2D eigenvalue weighted by Crippen LogP contribution is -2.11. The zero-order valence-corrected chi connectivity index (χ0v) is 15.5. The van der Waals surface area contributed by atoms with Gasteiger partial charge in [0.15, 0.2) is 4.34 Å². The summed E-state index contributed by atoms with van der Waals surface area (Å²) in [6.45, 7) is 1.94. The minimum atomic E-state index is -0.135. The van der Waals surface area contributed by atoms with E-state index in [1.807, 2.05) is 55.5 Å². The summed E-state index contributed by atoms with van der Waals surface area (Å²) in [4.78, 5) is 12.3. The summed E-state index contributed by atoms with van der Waals surface area (Å²) in [7, 11) is 1.61. The van der Waals surface area contributed by atoms with Gasteiger partial charge in [-0.3, -0.25) is 4.79 Å². The molecule has 0 aliphatic rings. The lowest BCUT2D eigenvalue weighted by Gasteiger charge is -2.07. The molecule has 5 nitrogen and oxygen atoms in total. The fraction of sp³-hybridized carbons (Fsp3) is 0.167. The molecule has 0 fully saturated rings. The summed E-state index contributed by atoms with van der Waals surface area (Å²) in [5.74, 6) is 1.42. The molecule has 0 aliphatic heterocycles. The number of carbonyl (C=O) groups is 1. The van der Waals surface area contributed by atoms with Crippen LogP contribution in [0.15, 0.2) is 52.9 Å². The molecule has 0 unspecified atom stereocenters. The summed E-state index contributed by atoms with van der Waals surface area (Å²) in [5.41, 5.74) is 2.49. The molecule has 0 atom stereocenters. The monoisotopic (exact) mass is 371 g/mol. The van der Waals surface area contributed by atoms with Crippen LogP contribution in [0.25, 0.3) is 0 Å². The normalized spacial score (nSPS) is 10.5. The van der Waals surface area contributed by atoms with Crippen LogP contribution in [0.4, 0.5) is 5.69 Å². The Morgan fingerprint density at radius 3 is 2.44 bits per heavy atom. The Labute approximate surface area is 154 Å². The number of amides is 1. The fourth-order valence-corrected chi connectivity index (χ4v) is 3.88. The number of hydrogen-bond acceptors (Lipinski definition) is 6. The van der Waals surface area contributed by atoms with Gasteiger partial charge in [-0.15, -0.1) is 10.2 Å². The van der Waals surface area contributed by atoms with Crippen molar-refractivity contribution in [2.75, 3.05) is 12.4 Å². The van der Waals surface area contributed by atoms with E-state index in [9.17, 15) is 4.79 Å². The van der Waals surface area contributed by atoms with Crippen LogP contribution in [0.5, 0.6) is 5.75 Å². The van der Waals surface area contributed by atoms with Gasteiger partial charge in [0.25, 0.3) is 5.91 Å². The average molecular weight is 371 g/mol. The van der Waals surface area contributed by atoms with Crippen molar-refractivity contribution < 1.29 is 9.53 Å². The maximum atomic E-state index is 12.3. The van der Waals surface area contributed by atoms with E-state index in [0.29, 0.717) is 5.56 Å². The zero-order chi connectivity index (χ0) is 17.6. The Bertz CT molecular complexity index is 846. The van der Waals surface area contributed by atoms with Gasteiger partial charge in [0.2, 0.25) is 0 Å². The second kappa shape index (κ2) is 8.13. The molecular formula is C18H17N3O2S2. The highest BCUT2D eigenvalue weighted by Gasteiger charge is 2.07. The Morgan fingerprint density at radius 2 is 1.84 bits per heavy atom. The number of nitrogens with zero attached hydrogens (tertiary/aromatic N) is 2. The molecule has 0 saturated carbocycles. The van der Waals surface area contributed by atoms with Gasteiger partial charge in [0, 0.05) is 17.0 Å². The van der Waals surface area contributed by atoms with E-state index in [0.717, 1.165) is 32.1 Å². The topological polar surface area (TPSA) is 64.1 Å². The largest absolute Gasteiger partial charge is 0.497 e. The molecule has 2 aromatic carbocycles. The third-order valence-corrected chi connectivity index (χ3v) is 5.48. The second-order valence-corrected chi connectivity index (χ2v) is 7.66. The van der Waals surface area contributed by atoms with E-state index in [4.69, 9.17) is 4.74 Å². The molecule has 0 spiro atoms. The van der Waals surface area contributed by atoms with Gasteiger partial charge in [0.1, 0.15) is 10.8 Å². The van der Waals surface area contributed by atoms with Crippen LogP contribution in [-0.4, -0.2) is 23.2 Å². The Kier molecular flexibility index (Phi) is 5.67. The van der Waals surface area contributed by atoms with Gasteiger partial charge in [-0.05, 0) is 48.9 Å². The van der Waals surface area contributed by atoms with Crippen molar-refractivity contribution in [2.45, 2.75) is 17.0 Å². The van der Waals surface area contributed by atoms with Crippen LogP contribution < -0.4 is 10.1 Å². The van der Waals surface area contributed by atoms with Gasteiger partial charge in [-0.25, -0.2) is 0 Å².